The fraction of sp³-hybridized carbons (Fsp3) is 0.174. The van der Waals surface area contributed by atoms with E-state index in [0.717, 1.165) is 22.4 Å². The van der Waals surface area contributed by atoms with Crippen molar-refractivity contribution in [3.63, 3.8) is 0 Å². The molecule has 8 heteroatoms. The number of benzene rings is 2. The molecule has 7 nitrogen and oxygen atoms in total. The van der Waals surface area contributed by atoms with Crippen LogP contribution in [0.25, 0.3) is 17.2 Å². The molecule has 2 aromatic carbocycles. The lowest BCUT2D eigenvalue weighted by molar-refractivity contribution is -0.116. The number of halogens is 1. The SMILES string of the molecule is Cc1ccc([C@@H]2CC(=O)Nc3c2c(C)nn3-c2nncc(-c3ccc(Cl)cc3)n2)cc1. The third-order valence-corrected chi connectivity index (χ3v) is 5.71. The summed E-state index contributed by atoms with van der Waals surface area (Å²) < 4.78 is 1.56. The lowest BCUT2D eigenvalue weighted by atomic mass is 9.85. The number of carbonyl (C=O) groups excluding carboxylic acids is 1. The van der Waals surface area contributed by atoms with Gasteiger partial charge in [-0.15, -0.1) is 5.10 Å². The van der Waals surface area contributed by atoms with Crippen LogP contribution in [0.3, 0.4) is 0 Å². The second kappa shape index (κ2) is 7.59. The number of aromatic nitrogens is 5. The van der Waals surface area contributed by atoms with E-state index < -0.39 is 0 Å². The summed E-state index contributed by atoms with van der Waals surface area (Å²) in [6.45, 7) is 3.98. The molecule has 1 amide bonds. The zero-order chi connectivity index (χ0) is 21.5. The zero-order valence-corrected chi connectivity index (χ0v) is 17.8. The van der Waals surface area contributed by atoms with Gasteiger partial charge in [-0.1, -0.05) is 53.6 Å². The Morgan fingerprint density at radius 1 is 1.06 bits per heavy atom. The van der Waals surface area contributed by atoms with E-state index in [4.69, 9.17) is 11.6 Å². The fourth-order valence-electron chi connectivity index (χ4n) is 3.92. The summed E-state index contributed by atoms with van der Waals surface area (Å²) in [4.78, 5) is 17.2. The maximum absolute atomic E-state index is 12.6. The van der Waals surface area contributed by atoms with E-state index in [9.17, 15) is 4.79 Å². The zero-order valence-electron chi connectivity index (χ0n) is 17.0. The maximum atomic E-state index is 12.6. The molecule has 0 bridgehead atoms. The van der Waals surface area contributed by atoms with Gasteiger partial charge in [0.15, 0.2) is 0 Å². The second-order valence-electron chi connectivity index (χ2n) is 7.62. The largest absolute Gasteiger partial charge is 0.310 e. The second-order valence-corrected chi connectivity index (χ2v) is 8.06. The van der Waals surface area contributed by atoms with Crippen LogP contribution in [0.2, 0.25) is 5.02 Å². The highest BCUT2D eigenvalue weighted by Gasteiger charge is 2.33. The lowest BCUT2D eigenvalue weighted by Crippen LogP contribution is -2.25. The minimum absolute atomic E-state index is 0.0685. The predicted octanol–water partition coefficient (Wildman–Crippen LogP) is 4.47. The number of carbonyl (C=O) groups is 1. The van der Waals surface area contributed by atoms with Crippen molar-refractivity contribution >= 4 is 23.3 Å². The highest BCUT2D eigenvalue weighted by Crippen LogP contribution is 2.40. The number of anilines is 1. The molecule has 0 radical (unpaired) electrons. The van der Waals surface area contributed by atoms with Crippen molar-refractivity contribution in [2.24, 2.45) is 0 Å². The first-order valence-electron chi connectivity index (χ1n) is 9.91. The van der Waals surface area contributed by atoms with Crippen molar-refractivity contribution in [3.8, 4) is 17.2 Å². The Kier molecular flexibility index (Phi) is 4.75. The van der Waals surface area contributed by atoms with Crippen LogP contribution in [0.4, 0.5) is 5.82 Å². The van der Waals surface area contributed by atoms with Gasteiger partial charge in [0.05, 0.1) is 17.6 Å². The van der Waals surface area contributed by atoms with Crippen molar-refractivity contribution in [3.05, 3.63) is 82.1 Å². The molecule has 0 fully saturated rings. The van der Waals surface area contributed by atoms with Crippen molar-refractivity contribution in [1.82, 2.24) is 25.0 Å². The number of fused-ring (bicyclic) bond motifs is 1. The average Bonchev–Trinajstić information content (AvgIpc) is 3.10. The summed E-state index contributed by atoms with van der Waals surface area (Å²) >= 11 is 5.99. The molecule has 154 valence electrons. The third-order valence-electron chi connectivity index (χ3n) is 5.46. The Labute approximate surface area is 184 Å². The molecule has 0 saturated carbocycles. The molecule has 1 atom stereocenters. The first-order valence-corrected chi connectivity index (χ1v) is 10.3. The Hall–Kier alpha value is -3.58. The number of hydrogen-bond donors (Lipinski definition) is 1. The van der Waals surface area contributed by atoms with E-state index in [2.05, 4.69) is 49.9 Å². The summed E-state index contributed by atoms with van der Waals surface area (Å²) in [6.07, 6.45) is 1.95. The molecule has 0 aliphatic carbocycles. The number of hydrogen-bond acceptors (Lipinski definition) is 5. The van der Waals surface area contributed by atoms with Crippen molar-refractivity contribution in [2.45, 2.75) is 26.2 Å². The van der Waals surface area contributed by atoms with Crippen LogP contribution in [-0.2, 0) is 4.79 Å². The van der Waals surface area contributed by atoms with Crippen molar-refractivity contribution < 1.29 is 4.79 Å². The topological polar surface area (TPSA) is 85.6 Å². The van der Waals surface area contributed by atoms with Gasteiger partial charge in [-0.05, 0) is 31.5 Å². The van der Waals surface area contributed by atoms with E-state index in [1.165, 1.54) is 5.56 Å². The van der Waals surface area contributed by atoms with Gasteiger partial charge in [0, 0.05) is 28.5 Å². The van der Waals surface area contributed by atoms with Crippen LogP contribution >= 0.6 is 11.6 Å². The molecule has 0 unspecified atom stereocenters. The van der Waals surface area contributed by atoms with Gasteiger partial charge in [-0.25, -0.2) is 4.98 Å². The van der Waals surface area contributed by atoms with E-state index >= 15 is 0 Å². The van der Waals surface area contributed by atoms with Gasteiger partial charge in [-0.3, -0.25) is 4.79 Å². The third kappa shape index (κ3) is 3.57. The first-order chi connectivity index (χ1) is 15.0. The number of nitrogens with one attached hydrogen (secondary N) is 1. The number of amides is 1. The molecule has 1 N–H and O–H groups in total. The van der Waals surface area contributed by atoms with Gasteiger partial charge in [0.25, 0.3) is 5.95 Å². The molecule has 5 rings (SSSR count). The smallest absolute Gasteiger partial charge is 0.272 e. The number of rotatable bonds is 3. The first kappa shape index (κ1) is 19.4. The lowest BCUT2D eigenvalue weighted by Gasteiger charge is -2.24. The van der Waals surface area contributed by atoms with Gasteiger partial charge >= 0.3 is 0 Å². The molecule has 2 aromatic heterocycles. The molecule has 31 heavy (non-hydrogen) atoms. The van der Waals surface area contributed by atoms with Gasteiger partial charge in [0.2, 0.25) is 5.91 Å². The molecule has 0 spiro atoms. The van der Waals surface area contributed by atoms with Crippen LogP contribution < -0.4 is 5.32 Å². The molecule has 1 aliphatic rings. The molecular weight excluding hydrogens is 412 g/mol. The van der Waals surface area contributed by atoms with Crippen molar-refractivity contribution in [1.29, 1.82) is 0 Å². The van der Waals surface area contributed by atoms with Crippen LogP contribution in [0.1, 0.15) is 34.7 Å². The summed E-state index contributed by atoms with van der Waals surface area (Å²) in [5.41, 5.74) is 5.55. The molecular formula is C23H19ClN6O. The quantitative estimate of drug-likeness (QED) is 0.518. The van der Waals surface area contributed by atoms with E-state index in [0.29, 0.717) is 28.9 Å². The minimum atomic E-state index is -0.0782. The normalized spacial score (nSPS) is 15.5. The predicted molar refractivity (Wildman–Crippen MR) is 118 cm³/mol. The van der Waals surface area contributed by atoms with Crippen LogP contribution in [-0.4, -0.2) is 30.9 Å². The summed E-state index contributed by atoms with van der Waals surface area (Å²) in [5.74, 6) is 0.739. The minimum Gasteiger partial charge on any atom is -0.310 e. The Bertz CT molecular complexity index is 1280. The standard InChI is InChI=1S/C23H19ClN6O/c1-13-3-5-15(6-4-13)18-11-20(31)27-22-21(18)14(2)29-30(22)23-26-19(12-25-28-23)16-7-9-17(24)10-8-16/h3-10,12,18H,11H2,1-2H3,(H,27,31)/t18-/m0/s1. The highest BCUT2D eigenvalue weighted by atomic mass is 35.5. The van der Waals surface area contributed by atoms with Gasteiger partial charge in [-0.2, -0.15) is 14.9 Å². The maximum Gasteiger partial charge on any atom is 0.272 e. The number of aryl methyl sites for hydroxylation is 2. The molecule has 3 heterocycles. The Balaban J connectivity index is 1.60. The van der Waals surface area contributed by atoms with Gasteiger partial charge in [0.1, 0.15) is 5.82 Å². The van der Waals surface area contributed by atoms with E-state index in [1.54, 1.807) is 23.0 Å². The summed E-state index contributed by atoms with van der Waals surface area (Å²) in [5, 5.41) is 16.5. The fourth-order valence-corrected chi connectivity index (χ4v) is 4.04. The summed E-state index contributed by atoms with van der Waals surface area (Å²) in [6, 6.07) is 15.6. The van der Waals surface area contributed by atoms with Crippen LogP contribution in [0.15, 0.2) is 54.7 Å². The van der Waals surface area contributed by atoms with E-state index in [1.807, 2.05) is 26.0 Å². The van der Waals surface area contributed by atoms with Crippen LogP contribution in [0, 0.1) is 13.8 Å². The molecule has 4 aromatic rings. The summed E-state index contributed by atoms with van der Waals surface area (Å²) in [7, 11) is 0. The number of nitrogens with zero attached hydrogens (tertiary/aromatic N) is 5. The highest BCUT2D eigenvalue weighted by molar-refractivity contribution is 6.30. The monoisotopic (exact) mass is 430 g/mol. The molecule has 0 saturated heterocycles. The average molecular weight is 431 g/mol. The van der Waals surface area contributed by atoms with Crippen LogP contribution in [0.5, 0.6) is 0 Å². The van der Waals surface area contributed by atoms with Crippen molar-refractivity contribution in [2.75, 3.05) is 5.32 Å². The molecule has 1 aliphatic heterocycles. The van der Waals surface area contributed by atoms with E-state index in [-0.39, 0.29) is 11.8 Å². The van der Waals surface area contributed by atoms with Gasteiger partial charge < -0.3 is 5.32 Å². The Morgan fingerprint density at radius 2 is 1.81 bits per heavy atom. The Morgan fingerprint density at radius 3 is 2.55 bits per heavy atom.